The topological polar surface area (TPSA) is 26.3 Å². The highest BCUT2D eigenvalue weighted by molar-refractivity contribution is 5.83. The average molecular weight is 318 g/mol. The van der Waals surface area contributed by atoms with Gasteiger partial charge in [-0.3, -0.25) is 4.79 Å². The van der Waals surface area contributed by atoms with Crippen LogP contribution in [0.3, 0.4) is 0 Å². The first-order chi connectivity index (χ1) is 11.8. The SMILES string of the molecule is COC(=O)C1C=CCCC(=C(c2ccccc2)c2ccccc2)C1. The van der Waals surface area contributed by atoms with Crippen molar-refractivity contribution in [2.75, 3.05) is 7.11 Å². The van der Waals surface area contributed by atoms with E-state index >= 15 is 0 Å². The second-order valence-corrected chi connectivity index (χ2v) is 6.01. The number of hydrogen-bond acceptors (Lipinski definition) is 2. The van der Waals surface area contributed by atoms with Gasteiger partial charge in [-0.05, 0) is 36.0 Å². The number of benzene rings is 2. The standard InChI is InChI=1S/C22H22O2/c1-24-22(23)20-15-9-8-14-19(16-20)21(17-10-4-2-5-11-17)18-12-6-3-7-13-18/h2-7,9-13,15,20H,8,14,16H2,1H3. The van der Waals surface area contributed by atoms with Gasteiger partial charge in [0, 0.05) is 0 Å². The van der Waals surface area contributed by atoms with E-state index in [1.807, 2.05) is 18.2 Å². The van der Waals surface area contributed by atoms with E-state index in [4.69, 9.17) is 4.74 Å². The molecule has 2 nitrogen and oxygen atoms in total. The molecule has 122 valence electrons. The van der Waals surface area contributed by atoms with Gasteiger partial charge in [0.2, 0.25) is 0 Å². The summed E-state index contributed by atoms with van der Waals surface area (Å²) in [5, 5.41) is 0. The molecule has 0 aromatic heterocycles. The van der Waals surface area contributed by atoms with Crippen molar-refractivity contribution in [3.8, 4) is 0 Å². The summed E-state index contributed by atoms with van der Waals surface area (Å²) in [6.45, 7) is 0. The Bertz CT molecular complexity index is 701. The highest BCUT2D eigenvalue weighted by atomic mass is 16.5. The minimum absolute atomic E-state index is 0.161. The van der Waals surface area contributed by atoms with Gasteiger partial charge in [-0.25, -0.2) is 0 Å². The summed E-state index contributed by atoms with van der Waals surface area (Å²) < 4.78 is 4.97. The smallest absolute Gasteiger partial charge is 0.312 e. The lowest BCUT2D eigenvalue weighted by Crippen LogP contribution is -2.14. The fourth-order valence-electron chi connectivity index (χ4n) is 3.28. The van der Waals surface area contributed by atoms with Crippen LogP contribution in [0.4, 0.5) is 0 Å². The lowest BCUT2D eigenvalue weighted by atomic mass is 9.87. The van der Waals surface area contributed by atoms with Crippen LogP contribution >= 0.6 is 0 Å². The van der Waals surface area contributed by atoms with Crippen molar-refractivity contribution in [3.63, 3.8) is 0 Å². The fourth-order valence-corrected chi connectivity index (χ4v) is 3.28. The molecule has 2 aromatic rings. The highest BCUT2D eigenvalue weighted by Crippen LogP contribution is 2.34. The highest BCUT2D eigenvalue weighted by Gasteiger charge is 2.22. The van der Waals surface area contributed by atoms with Crippen molar-refractivity contribution in [3.05, 3.63) is 89.5 Å². The molecule has 0 heterocycles. The largest absolute Gasteiger partial charge is 0.469 e. The minimum atomic E-state index is -0.199. The monoisotopic (exact) mass is 318 g/mol. The summed E-state index contributed by atoms with van der Waals surface area (Å²) in [6, 6.07) is 20.9. The van der Waals surface area contributed by atoms with Crippen LogP contribution in [0, 0.1) is 5.92 Å². The maximum Gasteiger partial charge on any atom is 0.312 e. The third-order valence-electron chi connectivity index (χ3n) is 4.43. The Labute approximate surface area is 143 Å². The van der Waals surface area contributed by atoms with E-state index in [9.17, 15) is 4.79 Å². The molecule has 2 aromatic carbocycles. The van der Waals surface area contributed by atoms with Crippen molar-refractivity contribution in [1.82, 2.24) is 0 Å². The first-order valence-electron chi connectivity index (χ1n) is 8.37. The minimum Gasteiger partial charge on any atom is -0.469 e. The van der Waals surface area contributed by atoms with Crippen LogP contribution in [-0.2, 0) is 9.53 Å². The fraction of sp³-hybridized carbons (Fsp3) is 0.227. The number of carbonyl (C=O) groups excluding carboxylic acids is 1. The average Bonchev–Trinajstić information content (AvgIpc) is 2.89. The molecule has 1 aliphatic rings. The van der Waals surface area contributed by atoms with Gasteiger partial charge < -0.3 is 4.74 Å². The second-order valence-electron chi connectivity index (χ2n) is 6.01. The lowest BCUT2D eigenvalue weighted by molar-refractivity contribution is -0.143. The first-order valence-corrected chi connectivity index (χ1v) is 8.37. The third kappa shape index (κ3) is 3.65. The van der Waals surface area contributed by atoms with Crippen LogP contribution in [-0.4, -0.2) is 13.1 Å². The normalized spacial score (nSPS) is 17.2. The Morgan fingerprint density at radius 2 is 1.54 bits per heavy atom. The van der Waals surface area contributed by atoms with E-state index in [1.165, 1.54) is 29.4 Å². The Hall–Kier alpha value is -2.61. The van der Waals surface area contributed by atoms with Crippen LogP contribution in [0.5, 0.6) is 0 Å². The first kappa shape index (κ1) is 16.3. The van der Waals surface area contributed by atoms with Crippen LogP contribution in [0.15, 0.2) is 78.4 Å². The molecule has 0 aliphatic heterocycles. The molecule has 0 radical (unpaired) electrons. The van der Waals surface area contributed by atoms with E-state index < -0.39 is 0 Å². The molecule has 0 N–H and O–H groups in total. The number of methoxy groups -OCH3 is 1. The summed E-state index contributed by atoms with van der Waals surface area (Å²) in [6.07, 6.45) is 6.71. The molecule has 0 amide bonds. The molecule has 0 spiro atoms. The van der Waals surface area contributed by atoms with Crippen molar-refractivity contribution < 1.29 is 9.53 Å². The van der Waals surface area contributed by atoms with E-state index in [0.717, 1.165) is 12.8 Å². The maximum absolute atomic E-state index is 12.1. The molecule has 24 heavy (non-hydrogen) atoms. The lowest BCUT2D eigenvalue weighted by Gasteiger charge is -2.18. The number of esters is 1. The van der Waals surface area contributed by atoms with Crippen molar-refractivity contribution in [2.45, 2.75) is 19.3 Å². The zero-order chi connectivity index (χ0) is 16.8. The molecule has 0 fully saturated rings. The van der Waals surface area contributed by atoms with Gasteiger partial charge in [0.15, 0.2) is 0 Å². The molecule has 0 saturated carbocycles. The summed E-state index contributed by atoms with van der Waals surface area (Å²) in [7, 11) is 1.46. The summed E-state index contributed by atoms with van der Waals surface area (Å²) in [5.41, 5.74) is 4.95. The number of allylic oxidation sites excluding steroid dienone is 2. The maximum atomic E-state index is 12.1. The number of carbonyl (C=O) groups is 1. The van der Waals surface area contributed by atoms with Crippen LogP contribution in [0.1, 0.15) is 30.4 Å². The molecule has 0 saturated heterocycles. The zero-order valence-electron chi connectivity index (χ0n) is 13.9. The molecular weight excluding hydrogens is 296 g/mol. The van der Waals surface area contributed by atoms with Crippen LogP contribution in [0.2, 0.25) is 0 Å². The van der Waals surface area contributed by atoms with Crippen LogP contribution < -0.4 is 0 Å². The van der Waals surface area contributed by atoms with E-state index in [2.05, 4.69) is 54.6 Å². The second kappa shape index (κ2) is 7.78. The number of rotatable bonds is 3. The van der Waals surface area contributed by atoms with Crippen molar-refractivity contribution >= 4 is 11.5 Å². The van der Waals surface area contributed by atoms with E-state index in [0.29, 0.717) is 6.42 Å². The molecule has 1 aliphatic carbocycles. The molecular formula is C22H22O2. The van der Waals surface area contributed by atoms with Crippen molar-refractivity contribution in [1.29, 1.82) is 0 Å². The van der Waals surface area contributed by atoms with Crippen LogP contribution in [0.25, 0.3) is 5.57 Å². The predicted octanol–water partition coefficient (Wildman–Crippen LogP) is 5.02. The van der Waals surface area contributed by atoms with Gasteiger partial charge >= 0.3 is 5.97 Å². The predicted molar refractivity (Wildman–Crippen MR) is 97.4 cm³/mol. The van der Waals surface area contributed by atoms with Gasteiger partial charge in [0.05, 0.1) is 13.0 Å². The summed E-state index contributed by atoms with van der Waals surface area (Å²) in [5.74, 6) is -0.360. The van der Waals surface area contributed by atoms with Gasteiger partial charge in [-0.2, -0.15) is 0 Å². The number of hydrogen-bond donors (Lipinski definition) is 0. The van der Waals surface area contributed by atoms with Crippen molar-refractivity contribution in [2.24, 2.45) is 5.92 Å². The van der Waals surface area contributed by atoms with E-state index in [1.54, 1.807) is 0 Å². The van der Waals surface area contributed by atoms with Gasteiger partial charge in [-0.1, -0.05) is 78.4 Å². The Morgan fingerprint density at radius 3 is 2.08 bits per heavy atom. The Morgan fingerprint density at radius 1 is 0.958 bits per heavy atom. The van der Waals surface area contributed by atoms with Gasteiger partial charge in [-0.15, -0.1) is 0 Å². The quantitative estimate of drug-likeness (QED) is 0.587. The molecule has 1 atom stereocenters. The zero-order valence-corrected chi connectivity index (χ0v) is 13.9. The van der Waals surface area contributed by atoms with E-state index in [-0.39, 0.29) is 11.9 Å². The summed E-state index contributed by atoms with van der Waals surface area (Å²) in [4.78, 5) is 12.1. The number of ether oxygens (including phenoxy) is 1. The Kier molecular flexibility index (Phi) is 5.27. The van der Waals surface area contributed by atoms with Gasteiger partial charge in [0.25, 0.3) is 0 Å². The summed E-state index contributed by atoms with van der Waals surface area (Å²) >= 11 is 0. The molecule has 3 rings (SSSR count). The molecule has 0 bridgehead atoms. The molecule has 2 heteroatoms. The third-order valence-corrected chi connectivity index (χ3v) is 4.43. The van der Waals surface area contributed by atoms with Gasteiger partial charge in [0.1, 0.15) is 0 Å². The molecule has 1 unspecified atom stereocenters. The Balaban J connectivity index is 2.09.